The topological polar surface area (TPSA) is 75.0 Å². The smallest absolute Gasteiger partial charge is 0.244 e. The molecule has 0 aliphatic heterocycles. The van der Waals surface area contributed by atoms with Gasteiger partial charge in [-0.05, 0) is 19.1 Å². The third kappa shape index (κ3) is 3.38. The first-order valence-corrected chi connectivity index (χ1v) is 6.53. The highest BCUT2D eigenvalue weighted by atomic mass is 32.1. The maximum atomic E-state index is 11.8. The summed E-state index contributed by atoms with van der Waals surface area (Å²) in [6, 6.07) is 6.79. The van der Waals surface area contributed by atoms with Crippen molar-refractivity contribution in [1.29, 1.82) is 5.41 Å². The van der Waals surface area contributed by atoms with Crippen molar-refractivity contribution in [3.63, 3.8) is 0 Å². The fraction of sp³-hybridized carbons (Fsp3) is 0.154. The predicted molar refractivity (Wildman–Crippen MR) is 73.2 cm³/mol. The number of nitrogens with one attached hydrogen (secondary N) is 2. The van der Waals surface area contributed by atoms with Crippen LogP contribution in [0.5, 0.6) is 0 Å². The van der Waals surface area contributed by atoms with E-state index in [1.165, 1.54) is 18.3 Å². The molecule has 5 nitrogen and oxygen atoms in total. The first kappa shape index (κ1) is 13.2. The molecule has 2 aromatic rings. The van der Waals surface area contributed by atoms with Crippen LogP contribution in [-0.4, -0.2) is 16.3 Å². The minimum Gasteiger partial charge on any atom is -0.325 e. The lowest BCUT2D eigenvalue weighted by molar-refractivity contribution is -0.116. The average molecular weight is 275 g/mol. The summed E-state index contributed by atoms with van der Waals surface area (Å²) in [6.07, 6.45) is 1.69. The van der Waals surface area contributed by atoms with E-state index in [9.17, 15) is 9.59 Å². The lowest BCUT2D eigenvalue weighted by Gasteiger charge is -2.06. The van der Waals surface area contributed by atoms with Gasteiger partial charge in [0.1, 0.15) is 6.54 Å². The number of Topliss-reactive ketones (excluding diaryl/α,β-unsaturated/α-hetero) is 1. The Bertz CT molecular complexity index is 672. The molecule has 98 valence electrons. The minimum absolute atomic E-state index is 0.0447. The van der Waals surface area contributed by atoms with Gasteiger partial charge in [0.25, 0.3) is 0 Å². The summed E-state index contributed by atoms with van der Waals surface area (Å²) in [4.78, 5) is 23.4. The molecular formula is C13H13N3O2S. The largest absolute Gasteiger partial charge is 0.325 e. The van der Waals surface area contributed by atoms with E-state index in [1.54, 1.807) is 40.4 Å². The Morgan fingerprint density at radius 3 is 2.84 bits per heavy atom. The summed E-state index contributed by atoms with van der Waals surface area (Å²) in [5.41, 5.74) is 1.14. The number of hydrogen-bond donors (Lipinski definition) is 2. The lowest BCUT2D eigenvalue weighted by Crippen LogP contribution is -2.23. The number of carbonyl (C=O) groups excluding carboxylic acids is 2. The number of nitrogens with zero attached hydrogens (tertiary/aromatic N) is 1. The first-order chi connectivity index (χ1) is 9.06. The van der Waals surface area contributed by atoms with Crippen LogP contribution in [0, 0.1) is 5.41 Å². The fourth-order valence-electron chi connectivity index (χ4n) is 1.60. The number of aromatic nitrogens is 1. The van der Waals surface area contributed by atoms with E-state index in [4.69, 9.17) is 5.41 Å². The van der Waals surface area contributed by atoms with E-state index in [1.807, 2.05) is 0 Å². The van der Waals surface area contributed by atoms with Crippen molar-refractivity contribution in [1.82, 2.24) is 4.57 Å². The molecule has 0 aliphatic carbocycles. The van der Waals surface area contributed by atoms with Gasteiger partial charge in [-0.15, -0.1) is 11.3 Å². The van der Waals surface area contributed by atoms with Crippen LogP contribution in [0.1, 0.15) is 17.3 Å². The van der Waals surface area contributed by atoms with E-state index in [0.717, 1.165) is 0 Å². The van der Waals surface area contributed by atoms with Crippen molar-refractivity contribution >= 4 is 28.7 Å². The molecule has 0 unspecified atom stereocenters. The summed E-state index contributed by atoms with van der Waals surface area (Å²) >= 11 is 1.26. The highest BCUT2D eigenvalue weighted by Crippen LogP contribution is 2.11. The third-order valence-corrected chi connectivity index (χ3v) is 3.26. The van der Waals surface area contributed by atoms with Crippen molar-refractivity contribution in [2.45, 2.75) is 13.5 Å². The molecule has 1 aromatic heterocycles. The van der Waals surface area contributed by atoms with Gasteiger partial charge in [-0.1, -0.05) is 12.1 Å². The van der Waals surface area contributed by atoms with Crippen LogP contribution in [0.4, 0.5) is 5.69 Å². The summed E-state index contributed by atoms with van der Waals surface area (Å²) < 4.78 is 1.55. The van der Waals surface area contributed by atoms with Gasteiger partial charge in [0.2, 0.25) is 5.91 Å². The van der Waals surface area contributed by atoms with Crippen LogP contribution < -0.4 is 10.1 Å². The second kappa shape index (κ2) is 5.62. The van der Waals surface area contributed by atoms with Crippen LogP contribution in [0.15, 0.2) is 35.8 Å². The van der Waals surface area contributed by atoms with Crippen molar-refractivity contribution < 1.29 is 9.59 Å². The Kier molecular flexibility index (Phi) is 3.91. The number of hydrogen-bond acceptors (Lipinski definition) is 4. The zero-order valence-electron chi connectivity index (χ0n) is 10.3. The summed E-state index contributed by atoms with van der Waals surface area (Å²) in [5.74, 6) is -0.269. The van der Waals surface area contributed by atoms with Crippen molar-refractivity contribution in [3.05, 3.63) is 46.2 Å². The first-order valence-electron chi connectivity index (χ1n) is 5.65. The summed E-state index contributed by atoms with van der Waals surface area (Å²) in [6.45, 7) is 1.57. The molecule has 0 spiro atoms. The molecule has 1 heterocycles. The number of amides is 1. The number of ketones is 1. The van der Waals surface area contributed by atoms with E-state index in [-0.39, 0.29) is 18.2 Å². The van der Waals surface area contributed by atoms with Gasteiger partial charge in [-0.2, -0.15) is 0 Å². The molecule has 1 amide bonds. The van der Waals surface area contributed by atoms with Crippen molar-refractivity contribution in [3.8, 4) is 0 Å². The van der Waals surface area contributed by atoms with Gasteiger partial charge >= 0.3 is 0 Å². The third-order valence-electron chi connectivity index (χ3n) is 2.55. The van der Waals surface area contributed by atoms with Crippen molar-refractivity contribution in [2.24, 2.45) is 0 Å². The molecule has 6 heteroatoms. The van der Waals surface area contributed by atoms with Gasteiger partial charge < -0.3 is 9.88 Å². The quantitative estimate of drug-likeness (QED) is 0.836. The Morgan fingerprint density at radius 1 is 1.42 bits per heavy atom. The SMILES string of the molecule is CC(=O)c1cccc(NC(=O)Cn2ccsc2=N)c1. The molecule has 0 saturated carbocycles. The molecule has 0 bridgehead atoms. The standard InChI is InChI=1S/C13H13N3O2S/c1-9(17)10-3-2-4-11(7-10)15-12(18)8-16-5-6-19-13(16)14/h2-7,14H,8H2,1H3,(H,15,18). The molecular weight excluding hydrogens is 262 g/mol. The molecule has 19 heavy (non-hydrogen) atoms. The molecule has 0 atom stereocenters. The van der Waals surface area contributed by atoms with Crippen molar-refractivity contribution in [2.75, 3.05) is 5.32 Å². The maximum Gasteiger partial charge on any atom is 0.244 e. The number of anilines is 1. The van der Waals surface area contributed by atoms with Crippen LogP contribution in [0.25, 0.3) is 0 Å². The van der Waals surface area contributed by atoms with Gasteiger partial charge in [0.05, 0.1) is 0 Å². The van der Waals surface area contributed by atoms with Gasteiger partial charge in [-0.25, -0.2) is 0 Å². The molecule has 0 radical (unpaired) electrons. The maximum absolute atomic E-state index is 11.8. The number of carbonyl (C=O) groups is 2. The highest BCUT2D eigenvalue weighted by Gasteiger charge is 2.06. The molecule has 0 saturated heterocycles. The molecule has 2 rings (SSSR count). The number of rotatable bonds is 4. The second-order valence-electron chi connectivity index (χ2n) is 4.02. The van der Waals surface area contributed by atoms with Gasteiger partial charge in [0, 0.05) is 22.8 Å². The molecule has 0 fully saturated rings. The molecule has 2 N–H and O–H groups in total. The number of thiazole rings is 1. The normalized spacial score (nSPS) is 10.2. The number of benzene rings is 1. The molecule has 0 aliphatic rings. The van der Waals surface area contributed by atoms with E-state index < -0.39 is 0 Å². The Labute approximate surface area is 114 Å². The van der Waals surface area contributed by atoms with Crippen LogP contribution in [0.3, 0.4) is 0 Å². The monoisotopic (exact) mass is 275 g/mol. The Morgan fingerprint density at radius 2 is 2.21 bits per heavy atom. The highest BCUT2D eigenvalue weighted by molar-refractivity contribution is 7.06. The lowest BCUT2D eigenvalue weighted by atomic mass is 10.1. The average Bonchev–Trinajstić information content (AvgIpc) is 2.75. The summed E-state index contributed by atoms with van der Waals surface area (Å²) in [7, 11) is 0. The van der Waals surface area contributed by atoms with Gasteiger partial charge in [-0.3, -0.25) is 15.0 Å². The summed E-state index contributed by atoms with van der Waals surface area (Å²) in [5, 5.41) is 12.0. The predicted octanol–water partition coefficient (Wildman–Crippen LogP) is 1.87. The second-order valence-corrected chi connectivity index (χ2v) is 4.92. The van der Waals surface area contributed by atoms with E-state index in [2.05, 4.69) is 5.32 Å². The zero-order chi connectivity index (χ0) is 13.8. The fourth-order valence-corrected chi connectivity index (χ4v) is 2.20. The minimum atomic E-state index is -0.224. The van der Waals surface area contributed by atoms with Crippen LogP contribution >= 0.6 is 11.3 Å². The van der Waals surface area contributed by atoms with Gasteiger partial charge in [0.15, 0.2) is 10.6 Å². The van der Waals surface area contributed by atoms with Crippen LogP contribution in [-0.2, 0) is 11.3 Å². The van der Waals surface area contributed by atoms with E-state index >= 15 is 0 Å². The zero-order valence-corrected chi connectivity index (χ0v) is 11.2. The molecule has 1 aromatic carbocycles. The van der Waals surface area contributed by atoms with E-state index in [0.29, 0.717) is 16.1 Å². The Balaban J connectivity index is 2.07. The Hall–Kier alpha value is -2.21. The van der Waals surface area contributed by atoms with Crippen LogP contribution in [0.2, 0.25) is 0 Å².